The van der Waals surface area contributed by atoms with Crippen LogP contribution in [0.15, 0.2) is 109 Å². The van der Waals surface area contributed by atoms with Crippen molar-refractivity contribution in [2.45, 2.75) is 284 Å². The van der Waals surface area contributed by atoms with Crippen molar-refractivity contribution in [1.82, 2.24) is 0 Å². The largest absolute Gasteiger partial charge is 0.462 e. The second kappa shape index (κ2) is 61.9. The molecular formula is C67H114O5. The van der Waals surface area contributed by atoms with E-state index in [0.717, 1.165) is 109 Å². The molecule has 0 bridgehead atoms. The molecule has 72 heavy (non-hydrogen) atoms. The fourth-order valence-electron chi connectivity index (χ4n) is 8.31. The Kier molecular flexibility index (Phi) is 58.9. The van der Waals surface area contributed by atoms with Crippen LogP contribution in [0.1, 0.15) is 278 Å². The van der Waals surface area contributed by atoms with Gasteiger partial charge in [0.15, 0.2) is 6.10 Å². The topological polar surface area (TPSA) is 61.8 Å². The van der Waals surface area contributed by atoms with E-state index in [4.69, 9.17) is 14.2 Å². The zero-order valence-corrected chi connectivity index (χ0v) is 47.4. The van der Waals surface area contributed by atoms with Crippen LogP contribution in [0.4, 0.5) is 0 Å². The van der Waals surface area contributed by atoms with Crippen LogP contribution in [0, 0.1) is 0 Å². The van der Waals surface area contributed by atoms with Gasteiger partial charge in [-0.05, 0) is 122 Å². The molecule has 412 valence electrons. The smallest absolute Gasteiger partial charge is 0.306 e. The van der Waals surface area contributed by atoms with Crippen LogP contribution in [-0.4, -0.2) is 37.9 Å². The van der Waals surface area contributed by atoms with Gasteiger partial charge in [0, 0.05) is 19.4 Å². The standard InChI is InChI=1S/C67H114O5/c1-4-7-10-13-16-19-22-25-28-31-33-35-38-41-44-47-50-53-56-59-62-70-63-65(72-67(69)61-58-55-52-49-46-43-40-36-30-27-24-21-18-15-12-9-6-3)64-71-66(68)60-57-54-51-48-45-42-39-37-34-32-29-26-23-20-17-14-11-8-5-2/h7,9-10,12,16,18-19,21,25-30,33,35,41,44,65H,4-6,8,11,13-15,17,20,22-24,31-32,34,36-40,42-43,45-64H2,1-3H3/b10-7-,12-9-,19-16-,21-18-,28-25-,29-26-,30-27-,35-33-,44-41-. The Morgan fingerprint density at radius 3 is 1.01 bits per heavy atom. The predicted octanol–water partition coefficient (Wildman–Crippen LogP) is 21.1. The van der Waals surface area contributed by atoms with Crippen LogP contribution < -0.4 is 0 Å². The summed E-state index contributed by atoms with van der Waals surface area (Å²) in [6, 6.07) is 0. The number of carbonyl (C=O) groups is 2. The first-order valence-corrected chi connectivity index (χ1v) is 30.4. The Labute approximate surface area is 446 Å². The maximum Gasteiger partial charge on any atom is 0.306 e. The highest BCUT2D eigenvalue weighted by Crippen LogP contribution is 2.15. The molecule has 0 fully saturated rings. The van der Waals surface area contributed by atoms with E-state index in [1.165, 1.54) is 135 Å². The first kappa shape index (κ1) is 68.6. The van der Waals surface area contributed by atoms with E-state index in [-0.39, 0.29) is 25.2 Å². The molecule has 0 radical (unpaired) electrons. The Bertz CT molecular complexity index is 1410. The molecule has 1 unspecified atom stereocenters. The lowest BCUT2D eigenvalue weighted by atomic mass is 10.1. The van der Waals surface area contributed by atoms with Crippen molar-refractivity contribution in [3.05, 3.63) is 109 Å². The van der Waals surface area contributed by atoms with E-state index in [0.29, 0.717) is 19.4 Å². The Balaban J connectivity index is 4.36. The van der Waals surface area contributed by atoms with Gasteiger partial charge in [-0.3, -0.25) is 9.59 Å². The van der Waals surface area contributed by atoms with Crippen LogP contribution in [-0.2, 0) is 23.8 Å². The van der Waals surface area contributed by atoms with Crippen LogP contribution >= 0.6 is 0 Å². The van der Waals surface area contributed by atoms with Gasteiger partial charge in [0.05, 0.1) is 6.61 Å². The lowest BCUT2D eigenvalue weighted by Gasteiger charge is -2.18. The van der Waals surface area contributed by atoms with Crippen molar-refractivity contribution in [2.75, 3.05) is 19.8 Å². The predicted molar refractivity (Wildman–Crippen MR) is 316 cm³/mol. The zero-order chi connectivity index (χ0) is 52.0. The fraction of sp³-hybridized carbons (Fsp3) is 0.701. The molecule has 1 atom stereocenters. The number of carbonyl (C=O) groups excluding carboxylic acids is 2. The van der Waals surface area contributed by atoms with Gasteiger partial charge in [-0.15, -0.1) is 0 Å². The molecule has 5 heteroatoms. The Hall–Kier alpha value is -3.44. The third-order valence-corrected chi connectivity index (χ3v) is 12.8. The van der Waals surface area contributed by atoms with Gasteiger partial charge in [-0.1, -0.05) is 252 Å². The van der Waals surface area contributed by atoms with E-state index < -0.39 is 6.10 Å². The molecule has 0 aliphatic rings. The lowest BCUT2D eigenvalue weighted by Crippen LogP contribution is -2.30. The monoisotopic (exact) mass is 999 g/mol. The summed E-state index contributed by atoms with van der Waals surface area (Å²) in [5.41, 5.74) is 0. The summed E-state index contributed by atoms with van der Waals surface area (Å²) in [4.78, 5) is 25.6. The molecule has 0 heterocycles. The van der Waals surface area contributed by atoms with E-state index >= 15 is 0 Å². The number of unbranched alkanes of at least 4 members (excludes halogenated alkanes) is 26. The minimum absolute atomic E-state index is 0.0648. The SMILES string of the molecule is CC/C=C\C/C=C\C/C=C\C/C=C\C/C=C\CCCCCCOCC(COC(=O)CCCCCCCCCCC/C=C\CCCCCCCC)OC(=O)CCCCCCCCC/C=C\C/C=C\C/C=C\CC. The second-order valence-electron chi connectivity index (χ2n) is 19.8. The number of hydrogen-bond donors (Lipinski definition) is 0. The quantitative estimate of drug-likeness (QED) is 0.0345. The summed E-state index contributed by atoms with van der Waals surface area (Å²) in [7, 11) is 0. The molecule has 0 aliphatic heterocycles. The summed E-state index contributed by atoms with van der Waals surface area (Å²) < 4.78 is 17.5. The summed E-state index contributed by atoms with van der Waals surface area (Å²) in [6.45, 7) is 7.55. The second-order valence-corrected chi connectivity index (χ2v) is 19.8. The number of rotatable bonds is 55. The van der Waals surface area contributed by atoms with Gasteiger partial charge in [0.1, 0.15) is 6.61 Å². The van der Waals surface area contributed by atoms with Gasteiger partial charge in [-0.2, -0.15) is 0 Å². The summed E-state index contributed by atoms with van der Waals surface area (Å²) in [5.74, 6) is -0.423. The molecule has 0 aromatic rings. The first-order chi connectivity index (χ1) is 35.6. The van der Waals surface area contributed by atoms with E-state index in [1.54, 1.807) is 0 Å². The highest BCUT2D eigenvalue weighted by Gasteiger charge is 2.17. The van der Waals surface area contributed by atoms with Crippen molar-refractivity contribution in [3.8, 4) is 0 Å². The van der Waals surface area contributed by atoms with Crippen molar-refractivity contribution < 1.29 is 23.8 Å². The Morgan fingerprint density at radius 2 is 0.625 bits per heavy atom. The van der Waals surface area contributed by atoms with E-state index in [1.807, 2.05) is 0 Å². The molecule has 0 aromatic carbocycles. The maximum atomic E-state index is 12.9. The number of ether oxygens (including phenoxy) is 3. The normalized spacial score (nSPS) is 13.0. The maximum absolute atomic E-state index is 12.9. The summed E-state index contributed by atoms with van der Waals surface area (Å²) >= 11 is 0. The zero-order valence-electron chi connectivity index (χ0n) is 47.4. The van der Waals surface area contributed by atoms with Crippen molar-refractivity contribution in [3.63, 3.8) is 0 Å². The third-order valence-electron chi connectivity index (χ3n) is 12.8. The molecule has 0 spiro atoms. The van der Waals surface area contributed by atoms with Gasteiger partial charge in [-0.25, -0.2) is 0 Å². The lowest BCUT2D eigenvalue weighted by molar-refractivity contribution is -0.163. The van der Waals surface area contributed by atoms with Crippen LogP contribution in [0.5, 0.6) is 0 Å². The van der Waals surface area contributed by atoms with E-state index in [2.05, 4.69) is 130 Å². The molecule has 0 aromatic heterocycles. The molecule has 0 saturated carbocycles. The Morgan fingerprint density at radius 1 is 0.319 bits per heavy atom. The van der Waals surface area contributed by atoms with Gasteiger partial charge < -0.3 is 14.2 Å². The minimum Gasteiger partial charge on any atom is -0.462 e. The van der Waals surface area contributed by atoms with Crippen molar-refractivity contribution in [2.24, 2.45) is 0 Å². The third kappa shape index (κ3) is 59.1. The molecule has 0 N–H and O–H groups in total. The van der Waals surface area contributed by atoms with Crippen LogP contribution in [0.25, 0.3) is 0 Å². The van der Waals surface area contributed by atoms with Gasteiger partial charge >= 0.3 is 11.9 Å². The molecule has 0 amide bonds. The van der Waals surface area contributed by atoms with Crippen LogP contribution in [0.3, 0.4) is 0 Å². The van der Waals surface area contributed by atoms with E-state index in [9.17, 15) is 9.59 Å². The minimum atomic E-state index is -0.564. The van der Waals surface area contributed by atoms with Gasteiger partial charge in [0.25, 0.3) is 0 Å². The molecule has 0 saturated heterocycles. The average Bonchev–Trinajstić information content (AvgIpc) is 3.38. The summed E-state index contributed by atoms with van der Waals surface area (Å²) in [5, 5.41) is 0. The molecule has 0 rings (SSSR count). The highest BCUT2D eigenvalue weighted by molar-refractivity contribution is 5.70. The number of allylic oxidation sites excluding steroid dienone is 18. The van der Waals surface area contributed by atoms with Crippen molar-refractivity contribution >= 4 is 11.9 Å². The highest BCUT2D eigenvalue weighted by atomic mass is 16.6. The molecule has 0 aliphatic carbocycles. The summed E-state index contributed by atoms with van der Waals surface area (Å²) in [6.07, 6.45) is 85.5. The molecular weight excluding hydrogens is 885 g/mol. The van der Waals surface area contributed by atoms with Crippen LogP contribution in [0.2, 0.25) is 0 Å². The molecule has 5 nitrogen and oxygen atoms in total. The van der Waals surface area contributed by atoms with Gasteiger partial charge in [0.2, 0.25) is 0 Å². The van der Waals surface area contributed by atoms with Crippen molar-refractivity contribution in [1.29, 1.82) is 0 Å². The number of hydrogen-bond acceptors (Lipinski definition) is 5. The average molecular weight is 1000 g/mol. The first-order valence-electron chi connectivity index (χ1n) is 30.4. The fourth-order valence-corrected chi connectivity index (χ4v) is 8.31. The number of esters is 2.